The van der Waals surface area contributed by atoms with Crippen molar-refractivity contribution >= 4 is 5.97 Å². The fourth-order valence-electron chi connectivity index (χ4n) is 2.02. The number of hydrogen-bond donors (Lipinski definition) is 2. The molecule has 110 valence electrons. The molecule has 0 aliphatic carbocycles. The highest BCUT2D eigenvalue weighted by atomic mass is 19.1. The van der Waals surface area contributed by atoms with Crippen molar-refractivity contribution in [1.82, 2.24) is 9.55 Å². The van der Waals surface area contributed by atoms with Crippen LogP contribution >= 0.6 is 0 Å². The second-order valence-corrected chi connectivity index (χ2v) is 4.80. The highest BCUT2D eigenvalue weighted by Crippen LogP contribution is 2.13. The van der Waals surface area contributed by atoms with Crippen LogP contribution in [0.25, 0.3) is 5.69 Å². The average molecular weight is 292 g/mol. The van der Waals surface area contributed by atoms with Gasteiger partial charge in [0.2, 0.25) is 0 Å². The first kappa shape index (κ1) is 14.7. The van der Waals surface area contributed by atoms with Gasteiger partial charge in [0.1, 0.15) is 11.4 Å². The van der Waals surface area contributed by atoms with Gasteiger partial charge in [-0.25, -0.2) is 18.5 Å². The van der Waals surface area contributed by atoms with Crippen LogP contribution in [-0.4, -0.2) is 20.6 Å². The fraction of sp³-hybridized carbons (Fsp3) is 0.214. The molecule has 7 heteroatoms. The van der Waals surface area contributed by atoms with E-state index in [1.54, 1.807) is 13.8 Å². The number of halogens is 1. The monoisotopic (exact) mass is 292 g/mol. The van der Waals surface area contributed by atoms with Crippen LogP contribution in [0.15, 0.2) is 33.9 Å². The van der Waals surface area contributed by atoms with Crippen molar-refractivity contribution in [2.24, 2.45) is 0 Å². The summed E-state index contributed by atoms with van der Waals surface area (Å²) in [5, 5.41) is 9.21. The first-order valence-electron chi connectivity index (χ1n) is 6.21. The van der Waals surface area contributed by atoms with Crippen LogP contribution in [0.4, 0.5) is 4.39 Å². The van der Waals surface area contributed by atoms with Crippen molar-refractivity contribution in [2.45, 2.75) is 19.8 Å². The van der Waals surface area contributed by atoms with Gasteiger partial charge in [-0.05, 0) is 30.2 Å². The number of carboxylic acids is 1. The standard InChI is InChI=1S/C14H13FN2O4/c1-7(2)11-10(13(19)20)12(18)17(14(21)16-11)9-5-3-8(15)4-6-9/h3-7H,1-2H3,(H,16,21)(H,19,20). The Kier molecular flexibility index (Phi) is 3.75. The molecule has 2 N–H and O–H groups in total. The van der Waals surface area contributed by atoms with Gasteiger partial charge in [-0.15, -0.1) is 0 Å². The van der Waals surface area contributed by atoms with Gasteiger partial charge < -0.3 is 10.1 Å². The van der Waals surface area contributed by atoms with Crippen LogP contribution in [0.1, 0.15) is 35.8 Å². The van der Waals surface area contributed by atoms with Crippen molar-refractivity contribution in [3.05, 3.63) is 62.2 Å². The van der Waals surface area contributed by atoms with Crippen LogP contribution < -0.4 is 11.2 Å². The molecular weight excluding hydrogens is 279 g/mol. The lowest BCUT2D eigenvalue weighted by molar-refractivity contribution is 0.0692. The smallest absolute Gasteiger partial charge is 0.343 e. The summed E-state index contributed by atoms with van der Waals surface area (Å²) in [6.07, 6.45) is 0. The Morgan fingerprint density at radius 1 is 1.24 bits per heavy atom. The van der Waals surface area contributed by atoms with E-state index in [4.69, 9.17) is 0 Å². The number of nitrogens with zero attached hydrogens (tertiary/aromatic N) is 1. The predicted molar refractivity (Wildman–Crippen MR) is 73.7 cm³/mol. The molecule has 0 fully saturated rings. The summed E-state index contributed by atoms with van der Waals surface area (Å²) in [6, 6.07) is 4.62. The fourth-order valence-corrected chi connectivity index (χ4v) is 2.02. The number of rotatable bonds is 3. The quantitative estimate of drug-likeness (QED) is 0.896. The first-order chi connectivity index (χ1) is 9.82. The molecule has 0 unspecified atom stereocenters. The zero-order valence-corrected chi connectivity index (χ0v) is 11.4. The van der Waals surface area contributed by atoms with E-state index < -0.39 is 28.6 Å². The lowest BCUT2D eigenvalue weighted by Gasteiger charge is -2.12. The summed E-state index contributed by atoms with van der Waals surface area (Å²) in [6.45, 7) is 3.33. The highest BCUT2D eigenvalue weighted by Gasteiger charge is 2.22. The van der Waals surface area contributed by atoms with Crippen molar-refractivity contribution in [3.63, 3.8) is 0 Å². The summed E-state index contributed by atoms with van der Waals surface area (Å²) < 4.78 is 13.6. The number of carboxylic acid groups (broad SMARTS) is 1. The Morgan fingerprint density at radius 3 is 2.29 bits per heavy atom. The number of aromatic carboxylic acids is 1. The molecule has 2 aromatic rings. The zero-order chi connectivity index (χ0) is 15.7. The third kappa shape index (κ3) is 2.62. The van der Waals surface area contributed by atoms with E-state index in [2.05, 4.69) is 4.98 Å². The van der Waals surface area contributed by atoms with E-state index in [-0.39, 0.29) is 17.3 Å². The number of carbonyl (C=O) groups is 1. The van der Waals surface area contributed by atoms with Crippen LogP contribution in [0.2, 0.25) is 0 Å². The van der Waals surface area contributed by atoms with E-state index in [9.17, 15) is 23.9 Å². The molecular formula is C14H13FN2O4. The molecule has 0 saturated heterocycles. The van der Waals surface area contributed by atoms with Gasteiger partial charge in [-0.1, -0.05) is 13.8 Å². The maximum Gasteiger partial charge on any atom is 0.343 e. The molecule has 2 rings (SSSR count). The molecule has 0 aliphatic heterocycles. The lowest BCUT2D eigenvalue weighted by atomic mass is 10.1. The molecule has 1 heterocycles. The number of H-pyrrole nitrogens is 1. The number of aromatic nitrogens is 2. The van der Waals surface area contributed by atoms with E-state index >= 15 is 0 Å². The predicted octanol–water partition coefficient (Wildman–Crippen LogP) is 1.49. The summed E-state index contributed by atoms with van der Waals surface area (Å²) in [4.78, 5) is 38.1. The van der Waals surface area contributed by atoms with E-state index in [1.807, 2.05) is 0 Å². The molecule has 6 nitrogen and oxygen atoms in total. The van der Waals surface area contributed by atoms with Gasteiger partial charge in [0.05, 0.1) is 5.69 Å². The molecule has 0 amide bonds. The zero-order valence-electron chi connectivity index (χ0n) is 11.4. The Bertz CT molecular complexity index is 803. The van der Waals surface area contributed by atoms with Crippen molar-refractivity contribution in [1.29, 1.82) is 0 Å². The lowest BCUT2D eigenvalue weighted by Crippen LogP contribution is -2.39. The summed E-state index contributed by atoms with van der Waals surface area (Å²) in [5.74, 6) is -2.28. The van der Waals surface area contributed by atoms with Crippen LogP contribution in [0.5, 0.6) is 0 Å². The number of nitrogens with one attached hydrogen (secondary N) is 1. The number of benzene rings is 1. The van der Waals surface area contributed by atoms with Gasteiger partial charge >= 0.3 is 11.7 Å². The van der Waals surface area contributed by atoms with Crippen LogP contribution in [-0.2, 0) is 0 Å². The summed E-state index contributed by atoms with van der Waals surface area (Å²) >= 11 is 0. The number of hydrogen-bond acceptors (Lipinski definition) is 3. The van der Waals surface area contributed by atoms with Gasteiger partial charge in [0.25, 0.3) is 5.56 Å². The van der Waals surface area contributed by atoms with Crippen molar-refractivity contribution < 1.29 is 14.3 Å². The van der Waals surface area contributed by atoms with Crippen molar-refractivity contribution in [3.8, 4) is 5.69 Å². The third-order valence-corrected chi connectivity index (χ3v) is 3.01. The minimum atomic E-state index is -1.42. The Balaban J connectivity index is 2.83. The molecule has 0 atom stereocenters. The highest BCUT2D eigenvalue weighted by molar-refractivity contribution is 5.88. The molecule has 21 heavy (non-hydrogen) atoms. The Labute approximate surface area is 118 Å². The van der Waals surface area contributed by atoms with E-state index in [1.165, 1.54) is 12.1 Å². The largest absolute Gasteiger partial charge is 0.477 e. The topological polar surface area (TPSA) is 92.2 Å². The van der Waals surface area contributed by atoms with Gasteiger partial charge in [0, 0.05) is 5.69 Å². The van der Waals surface area contributed by atoms with Gasteiger partial charge in [-0.3, -0.25) is 4.79 Å². The Morgan fingerprint density at radius 2 is 1.81 bits per heavy atom. The third-order valence-electron chi connectivity index (χ3n) is 3.01. The molecule has 0 bridgehead atoms. The second-order valence-electron chi connectivity index (χ2n) is 4.80. The summed E-state index contributed by atoms with van der Waals surface area (Å²) in [5.41, 5.74) is -2.04. The molecule has 1 aromatic heterocycles. The maximum absolute atomic E-state index is 12.9. The van der Waals surface area contributed by atoms with Gasteiger partial charge in [0.15, 0.2) is 0 Å². The SMILES string of the molecule is CC(C)c1[nH]c(=O)n(-c2ccc(F)cc2)c(=O)c1C(=O)O. The normalized spacial score (nSPS) is 10.9. The molecule has 0 spiro atoms. The molecule has 1 aromatic carbocycles. The van der Waals surface area contributed by atoms with Crippen LogP contribution in [0.3, 0.4) is 0 Å². The maximum atomic E-state index is 12.9. The summed E-state index contributed by atoms with van der Waals surface area (Å²) in [7, 11) is 0. The second kappa shape index (κ2) is 5.35. The average Bonchev–Trinajstić information content (AvgIpc) is 2.39. The first-order valence-corrected chi connectivity index (χ1v) is 6.21. The molecule has 0 saturated carbocycles. The molecule has 0 aliphatic rings. The van der Waals surface area contributed by atoms with E-state index in [0.29, 0.717) is 4.57 Å². The van der Waals surface area contributed by atoms with Gasteiger partial charge in [-0.2, -0.15) is 0 Å². The van der Waals surface area contributed by atoms with Crippen LogP contribution in [0, 0.1) is 5.82 Å². The Hall–Kier alpha value is -2.70. The van der Waals surface area contributed by atoms with E-state index in [0.717, 1.165) is 12.1 Å². The minimum absolute atomic E-state index is 0.0656. The number of aromatic amines is 1. The van der Waals surface area contributed by atoms with Crippen molar-refractivity contribution in [2.75, 3.05) is 0 Å². The minimum Gasteiger partial charge on any atom is -0.477 e. The molecule has 0 radical (unpaired) electrons.